The van der Waals surface area contributed by atoms with Gasteiger partial charge in [0, 0.05) is 0 Å². The highest BCUT2D eigenvalue weighted by molar-refractivity contribution is 5.70. The van der Waals surface area contributed by atoms with Gasteiger partial charge in [0.2, 0.25) is 0 Å². The molecule has 0 radical (unpaired) electrons. The molecule has 0 aromatic rings. The number of carbonyl (C=O) groups is 1. The molecule has 2 N–H and O–H groups in total. The lowest BCUT2D eigenvalue weighted by molar-refractivity contribution is -0.0999. The van der Waals surface area contributed by atoms with Gasteiger partial charge in [-0.1, -0.05) is 20.8 Å². The Hall–Kier alpha value is -0.770. The Balaban J connectivity index is 3.99. The second-order valence-electron chi connectivity index (χ2n) is 3.62. The summed E-state index contributed by atoms with van der Waals surface area (Å²) >= 11 is 0. The van der Waals surface area contributed by atoms with E-state index in [0.717, 1.165) is 5.06 Å². The van der Waals surface area contributed by atoms with Crippen molar-refractivity contribution >= 4 is 6.03 Å². The number of hydrogen-bond donors (Lipinski definition) is 1. The smallest absolute Gasteiger partial charge is 0.338 e. The third kappa shape index (κ3) is 4.61. The molecule has 0 aliphatic rings. The van der Waals surface area contributed by atoms with Crippen LogP contribution in [0.25, 0.3) is 0 Å². The standard InChI is InChI=1S/C7H16N2O2/c1-7(2,3)5-9(11-4)6(8)10/h5H2,1-4H3,(H2,8,10). The van der Waals surface area contributed by atoms with Crippen LogP contribution in [0.3, 0.4) is 0 Å². The highest BCUT2D eigenvalue weighted by Gasteiger charge is 2.18. The molecule has 0 aromatic heterocycles. The highest BCUT2D eigenvalue weighted by atomic mass is 16.7. The summed E-state index contributed by atoms with van der Waals surface area (Å²) in [6.07, 6.45) is 0. The van der Waals surface area contributed by atoms with Crippen LogP contribution in [0.5, 0.6) is 0 Å². The van der Waals surface area contributed by atoms with E-state index >= 15 is 0 Å². The summed E-state index contributed by atoms with van der Waals surface area (Å²) in [5.41, 5.74) is 5.02. The molecule has 4 nitrogen and oxygen atoms in total. The zero-order valence-electron chi connectivity index (χ0n) is 7.55. The summed E-state index contributed by atoms with van der Waals surface area (Å²) in [4.78, 5) is 15.4. The molecule has 0 spiro atoms. The Kier molecular flexibility index (Phi) is 3.32. The van der Waals surface area contributed by atoms with E-state index in [2.05, 4.69) is 0 Å². The van der Waals surface area contributed by atoms with Gasteiger partial charge in [-0.3, -0.25) is 4.84 Å². The fraction of sp³-hybridized carbons (Fsp3) is 0.857. The zero-order chi connectivity index (χ0) is 9.07. The molecule has 0 aliphatic carbocycles. The van der Waals surface area contributed by atoms with E-state index < -0.39 is 6.03 Å². The molecule has 4 heteroatoms. The van der Waals surface area contributed by atoms with Gasteiger partial charge in [-0.05, 0) is 5.41 Å². The Bertz CT molecular complexity index is 140. The van der Waals surface area contributed by atoms with Crippen molar-refractivity contribution < 1.29 is 9.63 Å². The van der Waals surface area contributed by atoms with E-state index in [1.165, 1.54) is 7.11 Å². The van der Waals surface area contributed by atoms with Crippen LogP contribution in [0.1, 0.15) is 20.8 Å². The van der Waals surface area contributed by atoms with E-state index in [1.54, 1.807) is 0 Å². The average Bonchev–Trinajstić information content (AvgIpc) is 1.80. The second kappa shape index (κ2) is 3.57. The third-order valence-corrected chi connectivity index (χ3v) is 1.08. The first-order valence-corrected chi connectivity index (χ1v) is 3.48. The van der Waals surface area contributed by atoms with Crippen LogP contribution in [0.4, 0.5) is 4.79 Å². The van der Waals surface area contributed by atoms with Crippen molar-refractivity contribution in [2.75, 3.05) is 13.7 Å². The van der Waals surface area contributed by atoms with Crippen LogP contribution >= 0.6 is 0 Å². The molecule has 66 valence electrons. The molecule has 0 fully saturated rings. The number of nitrogens with two attached hydrogens (primary N) is 1. The van der Waals surface area contributed by atoms with Crippen LogP contribution in [0.2, 0.25) is 0 Å². The van der Waals surface area contributed by atoms with E-state index in [0.29, 0.717) is 6.54 Å². The van der Waals surface area contributed by atoms with E-state index in [9.17, 15) is 4.79 Å². The Morgan fingerprint density at radius 2 is 2.00 bits per heavy atom. The van der Waals surface area contributed by atoms with Gasteiger partial charge in [0.25, 0.3) is 0 Å². The summed E-state index contributed by atoms with van der Waals surface area (Å²) < 4.78 is 0. The molecular weight excluding hydrogens is 144 g/mol. The number of carbonyl (C=O) groups excluding carboxylic acids is 1. The number of nitrogens with zero attached hydrogens (tertiary/aromatic N) is 1. The first-order valence-electron chi connectivity index (χ1n) is 3.48. The van der Waals surface area contributed by atoms with Crippen LogP contribution in [0, 0.1) is 5.41 Å². The highest BCUT2D eigenvalue weighted by Crippen LogP contribution is 2.14. The quantitative estimate of drug-likeness (QED) is 0.612. The normalized spacial score (nSPS) is 11.3. The predicted octanol–water partition coefficient (Wildman–Crippen LogP) is 0.975. The van der Waals surface area contributed by atoms with E-state index in [4.69, 9.17) is 10.6 Å². The summed E-state index contributed by atoms with van der Waals surface area (Å²) in [7, 11) is 1.43. The Morgan fingerprint density at radius 3 is 2.09 bits per heavy atom. The lowest BCUT2D eigenvalue weighted by atomic mass is 9.97. The summed E-state index contributed by atoms with van der Waals surface area (Å²) in [5.74, 6) is 0. The topological polar surface area (TPSA) is 55.6 Å². The second-order valence-corrected chi connectivity index (χ2v) is 3.62. The predicted molar refractivity (Wildman–Crippen MR) is 42.8 cm³/mol. The molecule has 0 atom stereocenters. The Labute approximate surface area is 67.3 Å². The lowest BCUT2D eigenvalue weighted by Gasteiger charge is -2.25. The van der Waals surface area contributed by atoms with Crippen molar-refractivity contribution in [1.29, 1.82) is 0 Å². The minimum absolute atomic E-state index is 0.00500. The van der Waals surface area contributed by atoms with Crippen LogP contribution in [-0.2, 0) is 4.84 Å². The molecule has 2 amide bonds. The van der Waals surface area contributed by atoms with E-state index in [-0.39, 0.29) is 5.41 Å². The maximum atomic E-state index is 10.6. The first kappa shape index (κ1) is 10.2. The molecule has 0 saturated carbocycles. The van der Waals surface area contributed by atoms with Crippen molar-refractivity contribution in [2.45, 2.75) is 20.8 Å². The molecule has 0 unspecified atom stereocenters. The third-order valence-electron chi connectivity index (χ3n) is 1.08. The van der Waals surface area contributed by atoms with Gasteiger partial charge < -0.3 is 5.73 Å². The summed E-state index contributed by atoms with van der Waals surface area (Å²) in [6.45, 7) is 6.50. The zero-order valence-corrected chi connectivity index (χ0v) is 7.55. The fourth-order valence-corrected chi connectivity index (χ4v) is 0.663. The number of rotatable bonds is 2. The first-order chi connectivity index (χ1) is 4.87. The van der Waals surface area contributed by atoms with Crippen LogP contribution in [-0.4, -0.2) is 24.7 Å². The number of amides is 2. The fourth-order valence-electron chi connectivity index (χ4n) is 0.663. The van der Waals surface area contributed by atoms with Gasteiger partial charge in [-0.2, -0.15) is 0 Å². The molecular formula is C7H16N2O2. The van der Waals surface area contributed by atoms with Gasteiger partial charge in [-0.25, -0.2) is 9.86 Å². The number of hydroxylamine groups is 2. The largest absolute Gasteiger partial charge is 0.350 e. The molecule has 0 heterocycles. The maximum absolute atomic E-state index is 10.6. The van der Waals surface area contributed by atoms with Gasteiger partial charge in [0.15, 0.2) is 0 Å². The molecule has 0 aromatic carbocycles. The summed E-state index contributed by atoms with van der Waals surface area (Å²) in [5, 5.41) is 1.14. The van der Waals surface area contributed by atoms with Crippen molar-refractivity contribution in [2.24, 2.45) is 11.1 Å². The van der Waals surface area contributed by atoms with Crippen molar-refractivity contribution in [1.82, 2.24) is 5.06 Å². The minimum atomic E-state index is -0.553. The summed E-state index contributed by atoms with van der Waals surface area (Å²) in [6, 6.07) is -0.553. The van der Waals surface area contributed by atoms with Crippen LogP contribution < -0.4 is 5.73 Å². The molecule has 0 aliphatic heterocycles. The SMILES string of the molecule is CON(CC(C)(C)C)C(N)=O. The molecule has 0 saturated heterocycles. The molecule has 0 bridgehead atoms. The number of urea groups is 1. The van der Waals surface area contributed by atoms with Gasteiger partial charge in [0.05, 0.1) is 13.7 Å². The number of primary amides is 1. The maximum Gasteiger partial charge on any atom is 0.338 e. The number of hydrogen-bond acceptors (Lipinski definition) is 2. The lowest BCUT2D eigenvalue weighted by Crippen LogP contribution is -2.40. The monoisotopic (exact) mass is 160 g/mol. The van der Waals surface area contributed by atoms with E-state index in [1.807, 2.05) is 20.8 Å². The minimum Gasteiger partial charge on any atom is -0.350 e. The van der Waals surface area contributed by atoms with Gasteiger partial charge in [0.1, 0.15) is 0 Å². The average molecular weight is 160 g/mol. The van der Waals surface area contributed by atoms with Crippen LogP contribution in [0.15, 0.2) is 0 Å². The van der Waals surface area contributed by atoms with Crippen molar-refractivity contribution in [3.63, 3.8) is 0 Å². The van der Waals surface area contributed by atoms with Crippen molar-refractivity contribution in [3.05, 3.63) is 0 Å². The van der Waals surface area contributed by atoms with Gasteiger partial charge in [-0.15, -0.1) is 0 Å². The van der Waals surface area contributed by atoms with Gasteiger partial charge >= 0.3 is 6.03 Å². The molecule has 0 rings (SSSR count). The molecule has 11 heavy (non-hydrogen) atoms. The Morgan fingerprint density at radius 1 is 1.55 bits per heavy atom. The van der Waals surface area contributed by atoms with Crippen molar-refractivity contribution in [3.8, 4) is 0 Å².